The van der Waals surface area contributed by atoms with Gasteiger partial charge >= 0.3 is 5.97 Å². The molecule has 1 N–H and O–H groups in total. The number of benzene rings is 2. The summed E-state index contributed by atoms with van der Waals surface area (Å²) < 4.78 is 13.3. The van der Waals surface area contributed by atoms with E-state index in [-0.39, 0.29) is 17.3 Å². The van der Waals surface area contributed by atoms with Gasteiger partial charge in [0.15, 0.2) is 5.17 Å². The highest BCUT2D eigenvalue weighted by atomic mass is 32.2. The van der Waals surface area contributed by atoms with Crippen LogP contribution in [-0.4, -0.2) is 33.6 Å². The predicted octanol–water partition coefficient (Wildman–Crippen LogP) is 4.15. The summed E-state index contributed by atoms with van der Waals surface area (Å²) in [4.78, 5) is 29.9. The molecule has 5 nitrogen and oxygen atoms in total. The van der Waals surface area contributed by atoms with Crippen LogP contribution in [0.1, 0.15) is 22.8 Å². The first-order valence-corrected chi connectivity index (χ1v) is 8.68. The largest absolute Gasteiger partial charge is 0.478 e. The Kier molecular flexibility index (Phi) is 5.18. The first kappa shape index (κ1) is 17.9. The van der Waals surface area contributed by atoms with Crippen LogP contribution in [0.25, 0.3) is 6.08 Å². The lowest BCUT2D eigenvalue weighted by atomic mass is 10.2. The lowest BCUT2D eigenvalue weighted by Gasteiger charge is -2.12. The lowest BCUT2D eigenvalue weighted by molar-refractivity contribution is -0.122. The number of amides is 1. The monoisotopic (exact) mass is 370 g/mol. The fraction of sp³-hybridized carbons (Fsp3) is 0.105. The molecule has 0 bridgehead atoms. The summed E-state index contributed by atoms with van der Waals surface area (Å²) in [6.45, 7) is 2.28. The van der Waals surface area contributed by atoms with E-state index in [0.717, 1.165) is 0 Å². The average Bonchev–Trinajstić information content (AvgIpc) is 2.90. The van der Waals surface area contributed by atoms with Gasteiger partial charge in [0.1, 0.15) is 5.82 Å². The highest BCUT2D eigenvalue weighted by Gasteiger charge is 2.32. The van der Waals surface area contributed by atoms with Crippen LogP contribution in [0, 0.1) is 5.82 Å². The van der Waals surface area contributed by atoms with Crippen molar-refractivity contribution < 1.29 is 19.1 Å². The quantitative estimate of drug-likeness (QED) is 0.821. The van der Waals surface area contributed by atoms with Gasteiger partial charge in [-0.15, -0.1) is 0 Å². The van der Waals surface area contributed by atoms with E-state index in [9.17, 15) is 14.0 Å². The molecule has 26 heavy (non-hydrogen) atoms. The van der Waals surface area contributed by atoms with Crippen molar-refractivity contribution in [2.24, 2.45) is 4.99 Å². The van der Waals surface area contributed by atoms with E-state index in [0.29, 0.717) is 27.9 Å². The van der Waals surface area contributed by atoms with Crippen LogP contribution in [0.3, 0.4) is 0 Å². The number of halogens is 1. The van der Waals surface area contributed by atoms with Gasteiger partial charge in [-0.1, -0.05) is 12.1 Å². The van der Waals surface area contributed by atoms with Gasteiger partial charge in [-0.25, -0.2) is 14.2 Å². The molecule has 1 aliphatic heterocycles. The molecule has 1 amide bonds. The molecular formula is C19H15FN2O3S. The van der Waals surface area contributed by atoms with Gasteiger partial charge in [0.25, 0.3) is 5.91 Å². The first-order valence-electron chi connectivity index (χ1n) is 7.87. The maximum absolute atomic E-state index is 13.3. The van der Waals surface area contributed by atoms with E-state index in [1.165, 1.54) is 40.9 Å². The normalized spacial score (nSPS) is 17.3. The molecule has 1 saturated heterocycles. The fourth-order valence-corrected chi connectivity index (χ4v) is 3.47. The minimum atomic E-state index is -1.01. The summed E-state index contributed by atoms with van der Waals surface area (Å²) in [7, 11) is 0. The van der Waals surface area contributed by atoms with Crippen molar-refractivity contribution in [2.45, 2.75) is 6.92 Å². The molecule has 0 unspecified atom stereocenters. The van der Waals surface area contributed by atoms with E-state index >= 15 is 0 Å². The SMILES string of the molecule is CCN1C(=O)/C(=C/c2cccc(F)c2)SC1=Nc1ccc(C(=O)O)cc1. The molecule has 132 valence electrons. The van der Waals surface area contributed by atoms with E-state index < -0.39 is 5.97 Å². The number of carbonyl (C=O) groups excluding carboxylic acids is 1. The number of nitrogens with zero attached hydrogens (tertiary/aromatic N) is 2. The molecule has 1 heterocycles. The molecule has 1 fully saturated rings. The van der Waals surface area contributed by atoms with Crippen molar-refractivity contribution in [3.8, 4) is 0 Å². The van der Waals surface area contributed by atoms with Crippen LogP contribution in [-0.2, 0) is 4.79 Å². The van der Waals surface area contributed by atoms with E-state index in [1.807, 2.05) is 6.92 Å². The second kappa shape index (κ2) is 7.53. The van der Waals surface area contributed by atoms with E-state index in [4.69, 9.17) is 5.11 Å². The molecule has 7 heteroatoms. The second-order valence-electron chi connectivity index (χ2n) is 5.46. The zero-order chi connectivity index (χ0) is 18.7. The highest BCUT2D eigenvalue weighted by Crippen LogP contribution is 2.34. The number of hydrogen-bond donors (Lipinski definition) is 1. The number of carboxylic acids is 1. The number of aromatic carboxylic acids is 1. The summed E-state index contributed by atoms with van der Waals surface area (Å²) in [6, 6.07) is 12.1. The van der Waals surface area contributed by atoms with Gasteiger partial charge in [-0.05, 0) is 66.7 Å². The van der Waals surface area contributed by atoms with Crippen LogP contribution in [0.2, 0.25) is 0 Å². The van der Waals surface area contributed by atoms with Crippen LogP contribution >= 0.6 is 11.8 Å². The minimum absolute atomic E-state index is 0.170. The van der Waals surface area contributed by atoms with Crippen LogP contribution < -0.4 is 0 Å². The standard InChI is InChI=1S/C19H15FN2O3S/c1-2-22-17(23)16(11-12-4-3-5-14(20)10-12)26-19(22)21-15-8-6-13(7-9-15)18(24)25/h3-11H,2H2,1H3,(H,24,25)/b16-11-,21-19?. The van der Waals surface area contributed by atoms with Crippen molar-refractivity contribution >= 4 is 40.6 Å². The highest BCUT2D eigenvalue weighted by molar-refractivity contribution is 8.18. The third-order valence-electron chi connectivity index (χ3n) is 3.69. The Morgan fingerprint density at radius 3 is 2.62 bits per heavy atom. The summed E-state index contributed by atoms with van der Waals surface area (Å²) in [5, 5.41) is 9.45. The molecule has 0 saturated carbocycles. The Morgan fingerprint density at radius 1 is 1.27 bits per heavy atom. The second-order valence-corrected chi connectivity index (χ2v) is 6.47. The van der Waals surface area contributed by atoms with Crippen molar-refractivity contribution in [2.75, 3.05) is 6.54 Å². The molecule has 0 aliphatic carbocycles. The third-order valence-corrected chi connectivity index (χ3v) is 4.70. The number of likely N-dealkylation sites (N-methyl/N-ethyl adjacent to an activating group) is 1. The Hall–Kier alpha value is -2.93. The van der Waals surface area contributed by atoms with Crippen molar-refractivity contribution in [3.63, 3.8) is 0 Å². The van der Waals surface area contributed by atoms with Crippen LogP contribution in [0.4, 0.5) is 10.1 Å². The molecule has 0 spiro atoms. The summed E-state index contributed by atoms with van der Waals surface area (Å²) in [5.41, 5.74) is 1.32. The van der Waals surface area contributed by atoms with Crippen LogP contribution in [0.15, 0.2) is 58.4 Å². The molecule has 3 rings (SSSR count). The number of carbonyl (C=O) groups is 2. The number of amidine groups is 1. The topological polar surface area (TPSA) is 70.0 Å². The zero-order valence-corrected chi connectivity index (χ0v) is 14.7. The molecule has 0 radical (unpaired) electrons. The van der Waals surface area contributed by atoms with Gasteiger partial charge in [0, 0.05) is 6.54 Å². The number of thioether (sulfide) groups is 1. The maximum Gasteiger partial charge on any atom is 0.335 e. The number of hydrogen-bond acceptors (Lipinski definition) is 4. The maximum atomic E-state index is 13.3. The Labute approximate surface area is 153 Å². The number of carboxylic acid groups (broad SMARTS) is 1. The Balaban J connectivity index is 1.90. The van der Waals surface area contributed by atoms with E-state index in [1.54, 1.807) is 30.3 Å². The smallest absolute Gasteiger partial charge is 0.335 e. The fourth-order valence-electron chi connectivity index (χ4n) is 2.41. The van der Waals surface area contributed by atoms with Crippen molar-refractivity contribution in [1.82, 2.24) is 4.90 Å². The summed E-state index contributed by atoms with van der Waals surface area (Å²) in [6.07, 6.45) is 1.63. The minimum Gasteiger partial charge on any atom is -0.478 e. The first-order chi connectivity index (χ1) is 12.5. The van der Waals surface area contributed by atoms with E-state index in [2.05, 4.69) is 4.99 Å². The van der Waals surface area contributed by atoms with Crippen LogP contribution in [0.5, 0.6) is 0 Å². The molecule has 2 aromatic rings. The third kappa shape index (κ3) is 3.83. The summed E-state index contributed by atoms with van der Waals surface area (Å²) >= 11 is 1.21. The van der Waals surface area contributed by atoms with Crippen molar-refractivity contribution in [3.05, 3.63) is 70.4 Å². The molecule has 0 atom stereocenters. The lowest BCUT2D eigenvalue weighted by Crippen LogP contribution is -2.28. The number of aliphatic imine (C=N–C) groups is 1. The summed E-state index contributed by atoms with van der Waals surface area (Å²) in [5.74, 6) is -1.57. The molecular weight excluding hydrogens is 355 g/mol. The van der Waals surface area contributed by atoms with Gasteiger partial charge in [0.2, 0.25) is 0 Å². The van der Waals surface area contributed by atoms with Crippen molar-refractivity contribution in [1.29, 1.82) is 0 Å². The Morgan fingerprint density at radius 2 is 2.00 bits per heavy atom. The average molecular weight is 370 g/mol. The van der Waals surface area contributed by atoms with Gasteiger partial charge in [-0.2, -0.15) is 0 Å². The molecule has 2 aromatic carbocycles. The predicted molar refractivity (Wildman–Crippen MR) is 99.9 cm³/mol. The number of rotatable bonds is 4. The zero-order valence-electron chi connectivity index (χ0n) is 13.8. The molecule has 0 aromatic heterocycles. The van der Waals surface area contributed by atoms with Gasteiger partial charge in [0.05, 0.1) is 16.2 Å². The molecule has 1 aliphatic rings. The van der Waals surface area contributed by atoms with Gasteiger partial charge < -0.3 is 5.11 Å². The Bertz CT molecular complexity index is 923. The van der Waals surface area contributed by atoms with Gasteiger partial charge in [-0.3, -0.25) is 9.69 Å².